The third-order valence-electron chi connectivity index (χ3n) is 1.87. The van der Waals surface area contributed by atoms with Crippen LogP contribution in [0.15, 0.2) is 27.3 Å². The highest BCUT2D eigenvalue weighted by molar-refractivity contribution is 9.10. The first-order chi connectivity index (χ1) is 6.61. The van der Waals surface area contributed by atoms with Crippen LogP contribution in [0, 0.1) is 5.82 Å². The molecular weight excluding hydrogens is 255 g/mol. The van der Waals surface area contributed by atoms with Gasteiger partial charge in [-0.3, -0.25) is 0 Å². The van der Waals surface area contributed by atoms with E-state index in [1.165, 1.54) is 12.1 Å². The van der Waals surface area contributed by atoms with E-state index < -0.39 is 11.8 Å². The van der Waals surface area contributed by atoms with Crippen LogP contribution in [0.3, 0.4) is 0 Å². The van der Waals surface area contributed by atoms with Gasteiger partial charge in [0, 0.05) is 5.39 Å². The maximum Gasteiger partial charge on any atom is 0.339 e. The maximum absolute atomic E-state index is 13.3. The van der Waals surface area contributed by atoms with Crippen LogP contribution in [-0.4, -0.2) is 11.1 Å². The summed E-state index contributed by atoms with van der Waals surface area (Å²) >= 11 is 2.98. The average molecular weight is 259 g/mol. The number of benzene rings is 1. The van der Waals surface area contributed by atoms with Crippen molar-refractivity contribution in [3.05, 3.63) is 34.2 Å². The van der Waals surface area contributed by atoms with Crippen molar-refractivity contribution < 1.29 is 18.7 Å². The topological polar surface area (TPSA) is 50.4 Å². The molecule has 0 aliphatic carbocycles. The lowest BCUT2D eigenvalue weighted by Crippen LogP contribution is -1.93. The molecule has 0 radical (unpaired) electrons. The summed E-state index contributed by atoms with van der Waals surface area (Å²) < 4.78 is 18.4. The largest absolute Gasteiger partial charge is 0.478 e. The van der Waals surface area contributed by atoms with E-state index in [1.807, 2.05) is 0 Å². The minimum atomic E-state index is -1.13. The molecule has 5 heteroatoms. The van der Waals surface area contributed by atoms with E-state index in [2.05, 4.69) is 15.9 Å². The molecule has 72 valence electrons. The Morgan fingerprint density at radius 3 is 2.86 bits per heavy atom. The van der Waals surface area contributed by atoms with Gasteiger partial charge >= 0.3 is 5.97 Å². The van der Waals surface area contributed by atoms with Crippen molar-refractivity contribution in [1.29, 1.82) is 0 Å². The monoisotopic (exact) mass is 258 g/mol. The Labute approximate surface area is 86.3 Å². The number of carbonyl (C=O) groups is 1. The molecule has 0 spiro atoms. The van der Waals surface area contributed by atoms with Gasteiger partial charge < -0.3 is 9.52 Å². The second-order valence-corrected chi connectivity index (χ2v) is 3.55. The lowest BCUT2D eigenvalue weighted by Gasteiger charge is -1.94. The maximum atomic E-state index is 13.3. The fourth-order valence-corrected chi connectivity index (χ4v) is 1.52. The van der Waals surface area contributed by atoms with Gasteiger partial charge in [-0.2, -0.15) is 0 Å². The van der Waals surface area contributed by atoms with Gasteiger partial charge in [0.1, 0.15) is 11.8 Å². The average Bonchev–Trinajstić information content (AvgIpc) is 2.55. The normalized spacial score (nSPS) is 10.7. The summed E-state index contributed by atoms with van der Waals surface area (Å²) in [5, 5.41) is 9.00. The van der Waals surface area contributed by atoms with Crippen molar-refractivity contribution in [1.82, 2.24) is 0 Å². The SMILES string of the molecule is O=C(O)c1coc2c(F)c(Br)ccc12. The third kappa shape index (κ3) is 1.21. The molecule has 14 heavy (non-hydrogen) atoms. The van der Waals surface area contributed by atoms with Crippen LogP contribution < -0.4 is 0 Å². The van der Waals surface area contributed by atoms with Crippen LogP contribution in [0.25, 0.3) is 11.0 Å². The van der Waals surface area contributed by atoms with Gasteiger partial charge in [-0.15, -0.1) is 0 Å². The highest BCUT2D eigenvalue weighted by Gasteiger charge is 2.16. The van der Waals surface area contributed by atoms with Crippen molar-refractivity contribution in [2.24, 2.45) is 0 Å². The number of furan rings is 1. The van der Waals surface area contributed by atoms with Gasteiger partial charge in [-0.05, 0) is 28.1 Å². The molecule has 2 aromatic rings. The molecule has 1 heterocycles. The number of hydrogen-bond acceptors (Lipinski definition) is 2. The third-order valence-corrected chi connectivity index (χ3v) is 2.48. The molecule has 1 aromatic heterocycles. The van der Waals surface area contributed by atoms with Crippen molar-refractivity contribution in [2.45, 2.75) is 0 Å². The molecule has 2 rings (SSSR count). The molecule has 1 aromatic carbocycles. The highest BCUT2D eigenvalue weighted by atomic mass is 79.9. The summed E-state index contributed by atoms with van der Waals surface area (Å²) in [5.41, 5.74) is -0.0804. The van der Waals surface area contributed by atoms with Crippen LogP contribution in [-0.2, 0) is 0 Å². The molecule has 0 aliphatic rings. The number of carboxylic acid groups (broad SMARTS) is 1. The zero-order valence-electron chi connectivity index (χ0n) is 6.75. The molecule has 0 fully saturated rings. The molecule has 0 saturated carbocycles. The van der Waals surface area contributed by atoms with E-state index in [9.17, 15) is 9.18 Å². The van der Waals surface area contributed by atoms with E-state index in [0.29, 0.717) is 0 Å². The minimum Gasteiger partial charge on any atom is -0.478 e. The van der Waals surface area contributed by atoms with E-state index in [-0.39, 0.29) is 21.0 Å². The Balaban J connectivity index is 2.83. The smallest absolute Gasteiger partial charge is 0.339 e. The molecular formula is C9H4BrFO3. The number of aromatic carboxylic acids is 1. The number of fused-ring (bicyclic) bond motifs is 1. The van der Waals surface area contributed by atoms with Crippen LogP contribution in [0.1, 0.15) is 10.4 Å². The van der Waals surface area contributed by atoms with Crippen molar-refractivity contribution >= 4 is 32.9 Å². The molecule has 0 amide bonds. The lowest BCUT2D eigenvalue weighted by atomic mass is 10.2. The minimum absolute atomic E-state index is 0.0357. The zero-order valence-corrected chi connectivity index (χ0v) is 8.34. The molecule has 0 bridgehead atoms. The summed E-state index contributed by atoms with van der Waals surface area (Å²) in [5.74, 6) is -1.72. The molecule has 3 nitrogen and oxygen atoms in total. The predicted molar refractivity (Wildman–Crippen MR) is 50.8 cm³/mol. The first-order valence-corrected chi connectivity index (χ1v) is 4.49. The Morgan fingerprint density at radius 2 is 2.21 bits per heavy atom. The van der Waals surface area contributed by atoms with E-state index in [4.69, 9.17) is 9.52 Å². The summed E-state index contributed by atoms with van der Waals surface area (Å²) in [6, 6.07) is 2.94. The molecule has 0 aliphatic heterocycles. The van der Waals surface area contributed by atoms with Gasteiger partial charge in [0.25, 0.3) is 0 Å². The van der Waals surface area contributed by atoms with Crippen LogP contribution in [0.2, 0.25) is 0 Å². The zero-order chi connectivity index (χ0) is 10.3. The highest BCUT2D eigenvalue weighted by Crippen LogP contribution is 2.28. The second kappa shape index (κ2) is 3.09. The van der Waals surface area contributed by atoms with Gasteiger partial charge in [-0.1, -0.05) is 0 Å². The van der Waals surface area contributed by atoms with Crippen molar-refractivity contribution in [3.63, 3.8) is 0 Å². The number of halogens is 2. The Hall–Kier alpha value is -1.36. The molecule has 0 atom stereocenters. The lowest BCUT2D eigenvalue weighted by molar-refractivity contribution is 0.0698. The summed E-state index contributed by atoms with van der Waals surface area (Å²) in [7, 11) is 0. The van der Waals surface area contributed by atoms with Crippen LogP contribution in [0.4, 0.5) is 4.39 Å². The van der Waals surface area contributed by atoms with Gasteiger partial charge in [0.15, 0.2) is 11.4 Å². The van der Waals surface area contributed by atoms with Crippen molar-refractivity contribution in [3.8, 4) is 0 Å². The Morgan fingerprint density at radius 1 is 1.50 bits per heavy atom. The standard InChI is InChI=1S/C9H4BrFO3/c10-6-2-1-4-5(9(12)13)3-14-8(4)7(6)11/h1-3H,(H,12,13). The first-order valence-electron chi connectivity index (χ1n) is 3.69. The van der Waals surface area contributed by atoms with Gasteiger partial charge in [-0.25, -0.2) is 9.18 Å². The van der Waals surface area contributed by atoms with Crippen LogP contribution >= 0.6 is 15.9 Å². The first kappa shape index (κ1) is 9.21. The molecule has 0 unspecified atom stereocenters. The van der Waals surface area contributed by atoms with E-state index in [0.717, 1.165) is 6.26 Å². The summed E-state index contributed by atoms with van der Waals surface area (Å²) in [6.07, 6.45) is 1.03. The van der Waals surface area contributed by atoms with Crippen molar-refractivity contribution in [2.75, 3.05) is 0 Å². The summed E-state index contributed by atoms with van der Waals surface area (Å²) in [4.78, 5) is 10.7. The number of rotatable bonds is 1. The Kier molecular flexibility index (Phi) is 2.03. The van der Waals surface area contributed by atoms with Crippen LogP contribution in [0.5, 0.6) is 0 Å². The fraction of sp³-hybridized carbons (Fsp3) is 0. The van der Waals surface area contributed by atoms with E-state index in [1.54, 1.807) is 0 Å². The Bertz CT molecular complexity index is 518. The van der Waals surface area contributed by atoms with Gasteiger partial charge in [0.05, 0.1) is 4.47 Å². The fourth-order valence-electron chi connectivity index (χ4n) is 1.21. The number of hydrogen-bond donors (Lipinski definition) is 1. The number of carboxylic acids is 1. The van der Waals surface area contributed by atoms with Gasteiger partial charge in [0.2, 0.25) is 0 Å². The summed E-state index contributed by atoms with van der Waals surface area (Å²) in [6.45, 7) is 0. The second-order valence-electron chi connectivity index (χ2n) is 2.69. The molecule has 1 N–H and O–H groups in total. The predicted octanol–water partition coefficient (Wildman–Crippen LogP) is 3.03. The van der Waals surface area contributed by atoms with E-state index >= 15 is 0 Å². The molecule has 0 saturated heterocycles. The quantitative estimate of drug-likeness (QED) is 0.856.